The van der Waals surface area contributed by atoms with Crippen molar-refractivity contribution in [3.05, 3.63) is 60.2 Å². The maximum absolute atomic E-state index is 3.84. The highest BCUT2D eigenvalue weighted by molar-refractivity contribution is 5.80. The fourth-order valence-electron chi connectivity index (χ4n) is 1.59. The molecule has 1 rings (SSSR count). The molecule has 0 N–H and O–H groups in total. The molecule has 0 saturated carbocycles. The summed E-state index contributed by atoms with van der Waals surface area (Å²) in [6.45, 7) is 11.8. The first-order valence-corrected chi connectivity index (χ1v) is 4.75. The van der Waals surface area contributed by atoms with Gasteiger partial charge in [0, 0.05) is 0 Å². The molecule has 0 heteroatoms. The Bertz CT molecular complexity index is 381. The van der Waals surface area contributed by atoms with Gasteiger partial charge in [0.2, 0.25) is 0 Å². The lowest BCUT2D eigenvalue weighted by molar-refractivity contribution is 1.42. The van der Waals surface area contributed by atoms with E-state index in [1.54, 1.807) is 0 Å². The average Bonchev–Trinajstić information content (AvgIpc) is 2.20. The highest BCUT2D eigenvalue weighted by atomic mass is 14.1. The number of hydrogen-bond acceptors (Lipinski definition) is 0. The van der Waals surface area contributed by atoms with Crippen LogP contribution in [0.5, 0.6) is 0 Å². The van der Waals surface area contributed by atoms with Gasteiger partial charge in [-0.25, -0.2) is 0 Å². The van der Waals surface area contributed by atoms with Gasteiger partial charge >= 0.3 is 0 Å². The SMILES string of the molecule is C=C/C(=C\C)c1cccc(C)c1C=C. The van der Waals surface area contributed by atoms with Gasteiger partial charge in [0.25, 0.3) is 0 Å². The van der Waals surface area contributed by atoms with Gasteiger partial charge in [0.1, 0.15) is 0 Å². The van der Waals surface area contributed by atoms with E-state index < -0.39 is 0 Å². The van der Waals surface area contributed by atoms with Gasteiger partial charge in [-0.15, -0.1) is 0 Å². The summed E-state index contributed by atoms with van der Waals surface area (Å²) >= 11 is 0. The molecule has 1 aromatic rings. The van der Waals surface area contributed by atoms with Crippen LogP contribution in [0.15, 0.2) is 43.5 Å². The Labute approximate surface area is 86.3 Å². The van der Waals surface area contributed by atoms with E-state index in [-0.39, 0.29) is 0 Å². The van der Waals surface area contributed by atoms with Crippen LogP contribution < -0.4 is 0 Å². The molecule has 0 unspecified atom stereocenters. The molecule has 0 aromatic heterocycles. The third-order valence-electron chi connectivity index (χ3n) is 2.37. The molecule has 72 valence electrons. The van der Waals surface area contributed by atoms with E-state index in [4.69, 9.17) is 0 Å². The fraction of sp³-hybridized carbons (Fsp3) is 0.143. The Morgan fingerprint density at radius 2 is 2.00 bits per heavy atom. The lowest BCUT2D eigenvalue weighted by Crippen LogP contribution is -1.89. The Hall–Kier alpha value is -1.56. The van der Waals surface area contributed by atoms with Crippen LogP contribution in [0.2, 0.25) is 0 Å². The van der Waals surface area contributed by atoms with Crippen molar-refractivity contribution in [2.75, 3.05) is 0 Å². The molecule has 0 spiro atoms. The lowest BCUT2D eigenvalue weighted by atomic mass is 9.96. The number of rotatable bonds is 3. The van der Waals surface area contributed by atoms with E-state index in [1.165, 1.54) is 16.7 Å². The molecule has 0 aliphatic carbocycles. The minimum absolute atomic E-state index is 1.16. The van der Waals surface area contributed by atoms with Gasteiger partial charge in [-0.1, -0.05) is 49.6 Å². The molecule has 0 fully saturated rings. The first-order valence-electron chi connectivity index (χ1n) is 4.75. The fourth-order valence-corrected chi connectivity index (χ4v) is 1.59. The van der Waals surface area contributed by atoms with Gasteiger partial charge in [0.05, 0.1) is 0 Å². The molecule has 0 radical (unpaired) electrons. The predicted molar refractivity (Wildman–Crippen MR) is 65.1 cm³/mol. The van der Waals surface area contributed by atoms with Crippen LogP contribution in [0.4, 0.5) is 0 Å². The second kappa shape index (κ2) is 4.61. The van der Waals surface area contributed by atoms with Crippen LogP contribution in [-0.2, 0) is 0 Å². The van der Waals surface area contributed by atoms with Gasteiger partial charge in [0.15, 0.2) is 0 Å². The normalized spacial score (nSPS) is 11.1. The third kappa shape index (κ3) is 1.85. The van der Waals surface area contributed by atoms with Crippen molar-refractivity contribution in [1.82, 2.24) is 0 Å². The van der Waals surface area contributed by atoms with Crippen LogP contribution in [0.1, 0.15) is 23.6 Å². The Morgan fingerprint density at radius 1 is 1.29 bits per heavy atom. The summed E-state index contributed by atoms with van der Waals surface area (Å²) in [7, 11) is 0. The van der Waals surface area contributed by atoms with E-state index in [0.717, 1.165) is 5.57 Å². The van der Waals surface area contributed by atoms with Crippen molar-refractivity contribution in [2.45, 2.75) is 13.8 Å². The Morgan fingerprint density at radius 3 is 2.50 bits per heavy atom. The summed E-state index contributed by atoms with van der Waals surface area (Å²) in [5.74, 6) is 0. The molecular weight excluding hydrogens is 168 g/mol. The number of hydrogen-bond donors (Lipinski definition) is 0. The Balaban J connectivity index is 3.40. The summed E-state index contributed by atoms with van der Waals surface area (Å²) in [4.78, 5) is 0. The van der Waals surface area contributed by atoms with Gasteiger partial charge < -0.3 is 0 Å². The standard InChI is InChI=1S/C14H16/c1-5-12(6-2)14-10-8-9-11(4)13(14)7-3/h5-10H,1,3H2,2,4H3/b12-6+. The zero-order chi connectivity index (χ0) is 10.6. The zero-order valence-corrected chi connectivity index (χ0v) is 8.88. The minimum atomic E-state index is 1.16. The monoisotopic (exact) mass is 184 g/mol. The molecule has 0 bridgehead atoms. The van der Waals surface area contributed by atoms with Crippen LogP contribution in [0, 0.1) is 6.92 Å². The van der Waals surface area contributed by atoms with E-state index in [0.29, 0.717) is 0 Å². The molecule has 0 atom stereocenters. The molecule has 0 aliphatic heterocycles. The molecular formula is C14H16. The predicted octanol–water partition coefficient (Wildman–Crippen LogP) is 4.23. The third-order valence-corrected chi connectivity index (χ3v) is 2.37. The first-order chi connectivity index (χ1) is 6.74. The van der Waals surface area contributed by atoms with E-state index in [9.17, 15) is 0 Å². The summed E-state index contributed by atoms with van der Waals surface area (Å²) in [6.07, 6.45) is 5.84. The van der Waals surface area contributed by atoms with Crippen molar-refractivity contribution >= 4 is 11.6 Å². The van der Waals surface area contributed by atoms with Crippen LogP contribution in [-0.4, -0.2) is 0 Å². The highest BCUT2D eigenvalue weighted by Crippen LogP contribution is 2.23. The summed E-state index contributed by atoms with van der Waals surface area (Å²) in [5, 5.41) is 0. The average molecular weight is 184 g/mol. The van der Waals surface area contributed by atoms with Crippen molar-refractivity contribution in [1.29, 1.82) is 0 Å². The van der Waals surface area contributed by atoms with Crippen molar-refractivity contribution in [3.8, 4) is 0 Å². The van der Waals surface area contributed by atoms with Gasteiger partial charge in [-0.2, -0.15) is 0 Å². The van der Waals surface area contributed by atoms with Crippen LogP contribution in [0.3, 0.4) is 0 Å². The first kappa shape index (κ1) is 10.5. The molecule has 14 heavy (non-hydrogen) atoms. The van der Waals surface area contributed by atoms with Gasteiger partial charge in [-0.3, -0.25) is 0 Å². The number of aryl methyl sites for hydroxylation is 1. The van der Waals surface area contributed by atoms with Crippen molar-refractivity contribution in [2.24, 2.45) is 0 Å². The smallest absolute Gasteiger partial charge is 0.0113 e. The van der Waals surface area contributed by atoms with Crippen LogP contribution in [0.25, 0.3) is 11.6 Å². The topological polar surface area (TPSA) is 0 Å². The summed E-state index contributed by atoms with van der Waals surface area (Å²) in [6, 6.07) is 6.25. The van der Waals surface area contributed by atoms with Crippen molar-refractivity contribution < 1.29 is 0 Å². The molecule has 0 nitrogen and oxygen atoms in total. The molecule has 0 aliphatic rings. The maximum atomic E-state index is 3.84. The molecule has 0 heterocycles. The number of benzene rings is 1. The van der Waals surface area contributed by atoms with Crippen LogP contribution >= 0.6 is 0 Å². The molecule has 1 aromatic carbocycles. The second-order valence-corrected chi connectivity index (χ2v) is 3.19. The largest absolute Gasteiger partial charge is 0.0985 e. The van der Waals surface area contributed by atoms with E-state index >= 15 is 0 Å². The molecule has 0 amide bonds. The lowest BCUT2D eigenvalue weighted by Gasteiger charge is -2.09. The Kier molecular flexibility index (Phi) is 3.47. The van der Waals surface area contributed by atoms with E-state index in [2.05, 4.69) is 44.4 Å². The van der Waals surface area contributed by atoms with Gasteiger partial charge in [-0.05, 0) is 36.1 Å². The highest BCUT2D eigenvalue weighted by Gasteiger charge is 2.03. The van der Waals surface area contributed by atoms with Crippen molar-refractivity contribution in [3.63, 3.8) is 0 Å². The quantitative estimate of drug-likeness (QED) is 0.617. The summed E-state index contributed by atoms with van der Waals surface area (Å²) < 4.78 is 0. The minimum Gasteiger partial charge on any atom is -0.0985 e. The second-order valence-electron chi connectivity index (χ2n) is 3.19. The summed E-state index contributed by atoms with van der Waals surface area (Å²) in [5.41, 5.74) is 4.81. The number of allylic oxidation sites excluding steroid dienone is 3. The molecule has 0 saturated heterocycles. The van der Waals surface area contributed by atoms with E-state index in [1.807, 2.05) is 19.1 Å². The zero-order valence-electron chi connectivity index (χ0n) is 8.88. The maximum Gasteiger partial charge on any atom is -0.0113 e.